The van der Waals surface area contributed by atoms with Gasteiger partial charge in [-0.3, -0.25) is 4.79 Å². The standard InChI is InChI=1S/C10H12O3S/c11-9-4-2-1-3-8(9)5-6-14-7-10(12)13/h1-4,11H,5-7H2,(H,12,13). The quantitative estimate of drug-likeness (QED) is 0.730. The Labute approximate surface area is 86.8 Å². The van der Waals surface area contributed by atoms with Crippen LogP contribution in [0.4, 0.5) is 0 Å². The summed E-state index contributed by atoms with van der Waals surface area (Å²) in [6, 6.07) is 7.11. The van der Waals surface area contributed by atoms with E-state index in [4.69, 9.17) is 5.11 Å². The highest BCUT2D eigenvalue weighted by atomic mass is 32.2. The van der Waals surface area contributed by atoms with E-state index in [1.807, 2.05) is 12.1 Å². The molecular weight excluding hydrogens is 200 g/mol. The molecule has 4 heteroatoms. The predicted molar refractivity (Wildman–Crippen MR) is 56.8 cm³/mol. The first-order valence-electron chi connectivity index (χ1n) is 4.26. The molecule has 1 aromatic carbocycles. The van der Waals surface area contributed by atoms with Crippen LogP contribution in [-0.4, -0.2) is 27.7 Å². The van der Waals surface area contributed by atoms with Gasteiger partial charge in [-0.2, -0.15) is 0 Å². The van der Waals surface area contributed by atoms with Crippen LogP contribution in [0.25, 0.3) is 0 Å². The highest BCUT2D eigenvalue weighted by Crippen LogP contribution is 2.17. The van der Waals surface area contributed by atoms with Gasteiger partial charge in [0.05, 0.1) is 5.75 Å². The Morgan fingerprint density at radius 1 is 1.36 bits per heavy atom. The highest BCUT2D eigenvalue weighted by molar-refractivity contribution is 7.99. The number of phenols is 1. The topological polar surface area (TPSA) is 57.5 Å². The number of aryl methyl sites for hydroxylation is 1. The molecule has 0 unspecified atom stereocenters. The lowest BCUT2D eigenvalue weighted by molar-refractivity contribution is -0.133. The average molecular weight is 212 g/mol. The van der Waals surface area contributed by atoms with Crippen molar-refractivity contribution in [3.63, 3.8) is 0 Å². The summed E-state index contributed by atoms with van der Waals surface area (Å²) in [6.45, 7) is 0. The van der Waals surface area contributed by atoms with Crippen molar-refractivity contribution in [2.24, 2.45) is 0 Å². The minimum atomic E-state index is -0.799. The molecule has 0 saturated carbocycles. The van der Waals surface area contributed by atoms with Crippen molar-refractivity contribution in [3.8, 4) is 5.75 Å². The van der Waals surface area contributed by atoms with Crippen LogP contribution in [0.5, 0.6) is 5.75 Å². The number of carboxylic acid groups (broad SMARTS) is 1. The van der Waals surface area contributed by atoms with Crippen molar-refractivity contribution in [2.75, 3.05) is 11.5 Å². The molecule has 0 aliphatic heterocycles. The number of benzene rings is 1. The zero-order valence-corrected chi connectivity index (χ0v) is 8.46. The number of para-hydroxylation sites is 1. The second kappa shape index (κ2) is 5.54. The molecule has 0 aromatic heterocycles. The Hall–Kier alpha value is -1.16. The van der Waals surface area contributed by atoms with Gasteiger partial charge in [0, 0.05) is 0 Å². The zero-order chi connectivity index (χ0) is 10.4. The summed E-state index contributed by atoms with van der Waals surface area (Å²) in [7, 11) is 0. The second-order valence-electron chi connectivity index (χ2n) is 2.83. The van der Waals surface area contributed by atoms with Crippen LogP contribution in [-0.2, 0) is 11.2 Å². The molecule has 0 bridgehead atoms. The van der Waals surface area contributed by atoms with Crippen LogP contribution in [0.3, 0.4) is 0 Å². The van der Waals surface area contributed by atoms with Crippen LogP contribution in [0, 0.1) is 0 Å². The molecule has 0 fully saturated rings. The number of aromatic hydroxyl groups is 1. The number of hydrogen-bond donors (Lipinski definition) is 2. The molecule has 0 aliphatic carbocycles. The number of aliphatic carboxylic acids is 1. The van der Waals surface area contributed by atoms with Gasteiger partial charge >= 0.3 is 5.97 Å². The van der Waals surface area contributed by atoms with Crippen LogP contribution in [0.1, 0.15) is 5.56 Å². The van der Waals surface area contributed by atoms with E-state index in [2.05, 4.69) is 0 Å². The number of carboxylic acids is 1. The fourth-order valence-electron chi connectivity index (χ4n) is 1.06. The fourth-order valence-corrected chi connectivity index (χ4v) is 1.75. The van der Waals surface area contributed by atoms with E-state index in [1.165, 1.54) is 11.8 Å². The first-order chi connectivity index (χ1) is 6.70. The van der Waals surface area contributed by atoms with E-state index < -0.39 is 5.97 Å². The molecule has 0 spiro atoms. The minimum Gasteiger partial charge on any atom is -0.508 e. The third kappa shape index (κ3) is 3.70. The van der Waals surface area contributed by atoms with Crippen molar-refractivity contribution in [1.82, 2.24) is 0 Å². The van der Waals surface area contributed by atoms with E-state index in [9.17, 15) is 9.90 Å². The molecule has 76 valence electrons. The van der Waals surface area contributed by atoms with Gasteiger partial charge in [0.2, 0.25) is 0 Å². The summed E-state index contributed by atoms with van der Waals surface area (Å²) in [5.74, 6) is 0.313. The first-order valence-corrected chi connectivity index (χ1v) is 5.42. The summed E-state index contributed by atoms with van der Waals surface area (Å²) in [6.07, 6.45) is 0.699. The highest BCUT2D eigenvalue weighted by Gasteiger charge is 2.00. The monoisotopic (exact) mass is 212 g/mol. The van der Waals surface area contributed by atoms with Crippen molar-refractivity contribution in [2.45, 2.75) is 6.42 Å². The lowest BCUT2D eigenvalue weighted by Crippen LogP contribution is -2.00. The van der Waals surface area contributed by atoms with E-state index >= 15 is 0 Å². The summed E-state index contributed by atoms with van der Waals surface area (Å²) >= 11 is 1.35. The number of thioether (sulfide) groups is 1. The van der Waals surface area contributed by atoms with Crippen molar-refractivity contribution < 1.29 is 15.0 Å². The molecule has 0 heterocycles. The molecule has 2 N–H and O–H groups in total. The molecule has 1 aromatic rings. The van der Waals surface area contributed by atoms with E-state index in [-0.39, 0.29) is 11.5 Å². The van der Waals surface area contributed by atoms with Crippen LogP contribution < -0.4 is 0 Å². The van der Waals surface area contributed by atoms with Crippen LogP contribution in [0.15, 0.2) is 24.3 Å². The van der Waals surface area contributed by atoms with E-state index in [0.29, 0.717) is 12.2 Å². The van der Waals surface area contributed by atoms with Gasteiger partial charge in [-0.05, 0) is 23.8 Å². The molecular formula is C10H12O3S. The molecule has 14 heavy (non-hydrogen) atoms. The lowest BCUT2D eigenvalue weighted by Gasteiger charge is -2.02. The molecule has 1 rings (SSSR count). The Morgan fingerprint density at radius 3 is 2.71 bits per heavy atom. The normalized spacial score (nSPS) is 10.0. The van der Waals surface area contributed by atoms with Crippen molar-refractivity contribution >= 4 is 17.7 Å². The Morgan fingerprint density at radius 2 is 2.07 bits per heavy atom. The van der Waals surface area contributed by atoms with Gasteiger partial charge in [0.25, 0.3) is 0 Å². The summed E-state index contributed by atoms with van der Waals surface area (Å²) in [4.78, 5) is 10.2. The largest absolute Gasteiger partial charge is 0.508 e. The number of rotatable bonds is 5. The maximum atomic E-state index is 10.2. The van der Waals surface area contributed by atoms with Gasteiger partial charge in [-0.25, -0.2) is 0 Å². The van der Waals surface area contributed by atoms with Gasteiger partial charge in [-0.15, -0.1) is 11.8 Å². The lowest BCUT2D eigenvalue weighted by atomic mass is 10.1. The molecule has 0 saturated heterocycles. The predicted octanol–water partition coefficient (Wildman–Crippen LogP) is 1.75. The second-order valence-corrected chi connectivity index (χ2v) is 3.93. The number of phenolic OH excluding ortho intramolecular Hbond substituents is 1. The molecule has 0 aliphatic rings. The minimum absolute atomic E-state index is 0.119. The van der Waals surface area contributed by atoms with Crippen molar-refractivity contribution in [1.29, 1.82) is 0 Å². The van der Waals surface area contributed by atoms with Gasteiger partial charge in [0.1, 0.15) is 5.75 Å². The molecule has 0 amide bonds. The summed E-state index contributed by atoms with van der Waals surface area (Å²) in [5.41, 5.74) is 0.866. The Bertz CT molecular complexity index is 312. The number of carbonyl (C=O) groups is 1. The van der Waals surface area contributed by atoms with E-state index in [0.717, 1.165) is 5.56 Å². The maximum absolute atomic E-state index is 10.2. The zero-order valence-electron chi connectivity index (χ0n) is 7.64. The SMILES string of the molecule is O=C(O)CSCCc1ccccc1O. The van der Waals surface area contributed by atoms with Gasteiger partial charge < -0.3 is 10.2 Å². The van der Waals surface area contributed by atoms with Gasteiger partial charge in [0.15, 0.2) is 0 Å². The van der Waals surface area contributed by atoms with Gasteiger partial charge in [-0.1, -0.05) is 18.2 Å². The maximum Gasteiger partial charge on any atom is 0.313 e. The van der Waals surface area contributed by atoms with E-state index in [1.54, 1.807) is 12.1 Å². The molecule has 0 atom stereocenters. The Kier molecular flexibility index (Phi) is 4.32. The molecule has 0 radical (unpaired) electrons. The fraction of sp³-hybridized carbons (Fsp3) is 0.300. The average Bonchev–Trinajstić information content (AvgIpc) is 2.15. The summed E-state index contributed by atoms with van der Waals surface area (Å²) in [5, 5.41) is 17.8. The molecule has 3 nitrogen and oxygen atoms in total. The third-order valence-corrected chi connectivity index (χ3v) is 2.68. The summed E-state index contributed by atoms with van der Waals surface area (Å²) < 4.78 is 0. The number of hydrogen-bond acceptors (Lipinski definition) is 3. The van der Waals surface area contributed by atoms with Crippen LogP contribution in [0.2, 0.25) is 0 Å². The van der Waals surface area contributed by atoms with Crippen molar-refractivity contribution in [3.05, 3.63) is 29.8 Å². The first kappa shape index (κ1) is 10.9. The Balaban J connectivity index is 2.31. The smallest absolute Gasteiger partial charge is 0.313 e. The van der Waals surface area contributed by atoms with Crippen LogP contribution >= 0.6 is 11.8 Å². The third-order valence-electron chi connectivity index (χ3n) is 1.73.